The van der Waals surface area contributed by atoms with Gasteiger partial charge < -0.3 is 5.32 Å². The van der Waals surface area contributed by atoms with Crippen LogP contribution in [0.3, 0.4) is 0 Å². The van der Waals surface area contributed by atoms with Crippen molar-refractivity contribution >= 4 is 68.0 Å². The van der Waals surface area contributed by atoms with E-state index in [1.807, 2.05) is 11.3 Å². The minimum absolute atomic E-state index is 0. The normalized spacial score (nSPS) is 17.4. The third-order valence-electron chi connectivity index (χ3n) is 3.28. The summed E-state index contributed by atoms with van der Waals surface area (Å²) in [6.07, 6.45) is 1.24. The number of hydrogen-bond acceptors (Lipinski definition) is 3. The molecule has 20 heavy (non-hydrogen) atoms. The van der Waals surface area contributed by atoms with Crippen LogP contribution in [-0.2, 0) is 0 Å². The van der Waals surface area contributed by atoms with Crippen LogP contribution >= 0.6 is 68.0 Å². The molecule has 1 aromatic heterocycles. The first kappa shape index (κ1) is 21.2. The zero-order valence-electron chi connectivity index (χ0n) is 11.7. The molecule has 0 bridgehead atoms. The van der Waals surface area contributed by atoms with Crippen molar-refractivity contribution in [2.75, 3.05) is 26.2 Å². The Labute approximate surface area is 155 Å². The van der Waals surface area contributed by atoms with E-state index in [0.717, 1.165) is 32.1 Å². The van der Waals surface area contributed by atoms with Crippen LogP contribution in [0.5, 0.6) is 0 Å². The summed E-state index contributed by atoms with van der Waals surface area (Å²) in [7, 11) is 0. The molecule has 2 rings (SSSR count). The van der Waals surface area contributed by atoms with E-state index >= 15 is 0 Å². The molecule has 0 amide bonds. The van der Waals surface area contributed by atoms with Gasteiger partial charge in [0.25, 0.3) is 0 Å². The third kappa shape index (κ3) is 5.75. The summed E-state index contributed by atoms with van der Waals surface area (Å²) in [4.78, 5) is 4.10. The Hall–Kier alpha value is 1.16. The van der Waals surface area contributed by atoms with Crippen molar-refractivity contribution in [3.63, 3.8) is 0 Å². The number of thiophene rings is 1. The maximum absolute atomic E-state index is 3.62. The van der Waals surface area contributed by atoms with Crippen LogP contribution in [0, 0.1) is 5.92 Å². The van der Waals surface area contributed by atoms with Crippen LogP contribution < -0.4 is 5.32 Å². The molecule has 1 aliphatic heterocycles. The summed E-state index contributed by atoms with van der Waals surface area (Å²) in [6.45, 7) is 9.17. The lowest BCUT2D eigenvalue weighted by molar-refractivity contribution is 0.156. The van der Waals surface area contributed by atoms with Gasteiger partial charge in [0.1, 0.15) is 0 Å². The second kappa shape index (κ2) is 10.0. The molecule has 1 aliphatic rings. The van der Waals surface area contributed by atoms with Crippen LogP contribution in [0.15, 0.2) is 14.3 Å². The van der Waals surface area contributed by atoms with Crippen LogP contribution in [0.4, 0.5) is 0 Å². The smallest absolute Gasteiger partial charge is 0.0843 e. The van der Waals surface area contributed by atoms with E-state index in [9.17, 15) is 0 Å². The van der Waals surface area contributed by atoms with Gasteiger partial charge in [-0.3, -0.25) is 4.90 Å². The van der Waals surface area contributed by atoms with E-state index in [4.69, 9.17) is 0 Å². The zero-order valence-corrected chi connectivity index (χ0v) is 17.3. The Morgan fingerprint density at radius 2 is 1.85 bits per heavy atom. The molecule has 0 aliphatic carbocycles. The third-order valence-corrected chi connectivity index (χ3v) is 6.64. The molecular formula is C13H22Br2Cl2N2S. The minimum Gasteiger partial charge on any atom is -0.314 e. The Morgan fingerprint density at radius 3 is 2.30 bits per heavy atom. The average Bonchev–Trinajstić information content (AvgIpc) is 2.67. The summed E-state index contributed by atoms with van der Waals surface area (Å²) < 4.78 is 2.40. The molecular weight excluding hydrogens is 447 g/mol. The topological polar surface area (TPSA) is 15.3 Å². The number of halogens is 4. The fraction of sp³-hybridized carbons (Fsp3) is 0.692. The molecule has 7 heteroatoms. The average molecular weight is 469 g/mol. The Kier molecular flexibility index (Phi) is 10.6. The fourth-order valence-corrected chi connectivity index (χ4v) is 4.65. The van der Waals surface area contributed by atoms with Crippen molar-refractivity contribution in [1.29, 1.82) is 0 Å². The Morgan fingerprint density at radius 1 is 1.25 bits per heavy atom. The Balaban J connectivity index is 0.00000180. The molecule has 2 nitrogen and oxygen atoms in total. The molecule has 1 saturated heterocycles. The first-order valence-electron chi connectivity index (χ1n) is 6.47. The maximum Gasteiger partial charge on any atom is 0.0843 e. The lowest BCUT2D eigenvalue weighted by Crippen LogP contribution is -2.45. The van der Waals surface area contributed by atoms with Crippen LogP contribution in [-0.4, -0.2) is 31.1 Å². The van der Waals surface area contributed by atoms with E-state index in [1.54, 1.807) is 0 Å². The first-order chi connectivity index (χ1) is 8.58. The number of hydrogen-bond donors (Lipinski definition) is 1. The maximum atomic E-state index is 3.62. The largest absolute Gasteiger partial charge is 0.314 e. The lowest BCUT2D eigenvalue weighted by Gasteiger charge is -2.35. The van der Waals surface area contributed by atoms with Gasteiger partial charge in [-0.25, -0.2) is 0 Å². The molecule has 0 aromatic carbocycles. The highest BCUT2D eigenvalue weighted by Crippen LogP contribution is 2.39. The summed E-state index contributed by atoms with van der Waals surface area (Å²) in [5.74, 6) is 0.726. The van der Waals surface area contributed by atoms with Gasteiger partial charge in [-0.05, 0) is 50.3 Å². The monoisotopic (exact) mass is 466 g/mol. The lowest BCUT2D eigenvalue weighted by atomic mass is 10.0. The number of nitrogens with one attached hydrogen (secondary N) is 1. The second-order valence-corrected chi connectivity index (χ2v) is 8.46. The standard InChI is InChI=1S/C13H20Br2N2S.2ClH/c1-9(2)7-11(17-5-3-16-4-6-17)12-8-10(14)13(15)18-12;;/h8-9,11,16H,3-7H2,1-2H3;2*1H/t11-;;/m0../s1. The quantitative estimate of drug-likeness (QED) is 0.660. The van der Waals surface area contributed by atoms with E-state index in [1.165, 1.54) is 19.6 Å². The van der Waals surface area contributed by atoms with Crippen molar-refractivity contribution in [2.45, 2.75) is 26.3 Å². The van der Waals surface area contributed by atoms with Crippen molar-refractivity contribution in [1.82, 2.24) is 10.2 Å². The van der Waals surface area contributed by atoms with E-state index in [-0.39, 0.29) is 24.8 Å². The van der Waals surface area contributed by atoms with Gasteiger partial charge in [0, 0.05) is 41.6 Å². The SMILES string of the molecule is CC(C)C[C@@H](c1cc(Br)c(Br)s1)N1CCNCC1.Cl.Cl. The first-order valence-corrected chi connectivity index (χ1v) is 8.87. The molecule has 0 unspecified atom stereocenters. The molecule has 118 valence electrons. The predicted octanol–water partition coefficient (Wildman–Crippen LogP) is 5.11. The molecule has 1 fully saturated rings. The summed E-state index contributed by atoms with van der Waals surface area (Å²) in [6, 6.07) is 2.85. The van der Waals surface area contributed by atoms with Gasteiger partial charge in [0.05, 0.1) is 3.79 Å². The van der Waals surface area contributed by atoms with Crippen molar-refractivity contribution in [3.8, 4) is 0 Å². The highest BCUT2D eigenvalue weighted by Gasteiger charge is 2.25. The van der Waals surface area contributed by atoms with Gasteiger partial charge >= 0.3 is 0 Å². The van der Waals surface area contributed by atoms with Crippen LogP contribution in [0.1, 0.15) is 31.2 Å². The number of nitrogens with zero attached hydrogens (tertiary/aromatic N) is 1. The minimum atomic E-state index is 0. The molecule has 0 radical (unpaired) electrons. The molecule has 1 atom stereocenters. The van der Waals surface area contributed by atoms with Gasteiger partial charge in [0.2, 0.25) is 0 Å². The summed E-state index contributed by atoms with van der Waals surface area (Å²) in [5, 5.41) is 3.43. The van der Waals surface area contributed by atoms with Crippen LogP contribution in [0.25, 0.3) is 0 Å². The molecule has 2 heterocycles. The van der Waals surface area contributed by atoms with Gasteiger partial charge in [0.15, 0.2) is 0 Å². The number of rotatable bonds is 4. The summed E-state index contributed by atoms with van der Waals surface area (Å²) in [5.41, 5.74) is 0. The highest BCUT2D eigenvalue weighted by molar-refractivity contribution is 9.13. The highest BCUT2D eigenvalue weighted by atomic mass is 79.9. The molecule has 1 aromatic rings. The Bertz CT molecular complexity index is 376. The van der Waals surface area contributed by atoms with Gasteiger partial charge in [-0.1, -0.05) is 13.8 Å². The van der Waals surface area contributed by atoms with Crippen LogP contribution in [0.2, 0.25) is 0 Å². The predicted molar refractivity (Wildman–Crippen MR) is 101 cm³/mol. The van der Waals surface area contributed by atoms with E-state index in [2.05, 4.69) is 62.0 Å². The van der Waals surface area contributed by atoms with E-state index in [0.29, 0.717) is 6.04 Å². The fourth-order valence-electron chi connectivity index (χ4n) is 2.41. The van der Waals surface area contributed by atoms with Gasteiger partial charge in [-0.2, -0.15) is 0 Å². The molecule has 0 saturated carbocycles. The zero-order chi connectivity index (χ0) is 13.1. The molecule has 0 spiro atoms. The summed E-state index contributed by atoms with van der Waals surface area (Å²) >= 11 is 9.09. The van der Waals surface area contributed by atoms with E-state index < -0.39 is 0 Å². The van der Waals surface area contributed by atoms with Crippen molar-refractivity contribution in [3.05, 3.63) is 19.2 Å². The second-order valence-electron chi connectivity index (χ2n) is 5.20. The van der Waals surface area contributed by atoms with Gasteiger partial charge in [-0.15, -0.1) is 36.2 Å². The molecule has 1 N–H and O–H groups in total. The van der Waals surface area contributed by atoms with Crippen molar-refractivity contribution < 1.29 is 0 Å². The van der Waals surface area contributed by atoms with Crippen molar-refractivity contribution in [2.24, 2.45) is 5.92 Å². The number of piperazine rings is 1.